The molecule has 0 aromatic carbocycles. The number of pyridine rings is 2. The van der Waals surface area contributed by atoms with Gasteiger partial charge in [-0.25, -0.2) is 0 Å². The summed E-state index contributed by atoms with van der Waals surface area (Å²) in [6.45, 7) is 1.94. The lowest BCUT2D eigenvalue weighted by Crippen LogP contribution is -2.16. The van der Waals surface area contributed by atoms with Crippen molar-refractivity contribution >= 4 is 11.8 Å². The van der Waals surface area contributed by atoms with Gasteiger partial charge in [-0.1, -0.05) is 0 Å². The zero-order valence-electron chi connectivity index (χ0n) is 10.2. The average Bonchev–Trinajstić information content (AvgIpc) is 2.45. The van der Waals surface area contributed by atoms with E-state index < -0.39 is 0 Å². The summed E-state index contributed by atoms with van der Waals surface area (Å²) in [5.74, 6) is 2.17. The fourth-order valence-corrected chi connectivity index (χ4v) is 2.41. The number of nitrogens with one attached hydrogen (secondary N) is 1. The third-order valence-corrected chi connectivity index (χ3v) is 3.55. The number of hydrogen-bond acceptors (Lipinski definition) is 4. The molecule has 4 heteroatoms. The van der Waals surface area contributed by atoms with Crippen molar-refractivity contribution in [2.75, 3.05) is 12.3 Å². The molecule has 1 N–H and O–H groups in total. The number of aromatic nitrogens is 2. The van der Waals surface area contributed by atoms with Crippen molar-refractivity contribution in [3.05, 3.63) is 60.2 Å². The second-order valence-electron chi connectivity index (χ2n) is 3.94. The molecule has 0 spiro atoms. The summed E-state index contributed by atoms with van der Waals surface area (Å²) < 4.78 is 0. The van der Waals surface area contributed by atoms with E-state index in [1.165, 1.54) is 11.1 Å². The van der Waals surface area contributed by atoms with E-state index in [1.807, 2.05) is 48.7 Å². The molecule has 0 unspecified atom stereocenters. The number of thioether (sulfide) groups is 1. The monoisotopic (exact) mass is 259 g/mol. The highest BCUT2D eigenvalue weighted by Gasteiger charge is 1.94. The lowest BCUT2D eigenvalue weighted by molar-refractivity contribution is 0.731. The molecule has 2 rings (SSSR count). The van der Waals surface area contributed by atoms with Crippen LogP contribution in [0.3, 0.4) is 0 Å². The summed E-state index contributed by atoms with van der Waals surface area (Å²) in [5.41, 5.74) is 2.62. The third kappa shape index (κ3) is 4.85. The van der Waals surface area contributed by atoms with E-state index in [0.717, 1.165) is 24.6 Å². The maximum Gasteiger partial charge on any atom is 0.0271 e. The van der Waals surface area contributed by atoms with Gasteiger partial charge in [0.05, 0.1) is 0 Å². The largest absolute Gasteiger partial charge is 0.312 e. The van der Waals surface area contributed by atoms with Gasteiger partial charge in [-0.05, 0) is 35.4 Å². The van der Waals surface area contributed by atoms with Crippen LogP contribution in [-0.2, 0) is 12.3 Å². The Morgan fingerprint density at radius 2 is 1.50 bits per heavy atom. The Hall–Kier alpha value is -1.39. The summed E-state index contributed by atoms with van der Waals surface area (Å²) in [4.78, 5) is 8.01. The molecular weight excluding hydrogens is 242 g/mol. The zero-order chi connectivity index (χ0) is 12.5. The van der Waals surface area contributed by atoms with Crippen LogP contribution in [0.5, 0.6) is 0 Å². The molecule has 0 aliphatic heterocycles. The topological polar surface area (TPSA) is 37.8 Å². The van der Waals surface area contributed by atoms with E-state index in [1.54, 1.807) is 0 Å². The maximum atomic E-state index is 4.01. The molecule has 94 valence electrons. The lowest BCUT2D eigenvalue weighted by Gasteiger charge is -2.04. The summed E-state index contributed by atoms with van der Waals surface area (Å²) >= 11 is 1.94. The van der Waals surface area contributed by atoms with Gasteiger partial charge in [-0.2, -0.15) is 11.8 Å². The molecule has 0 amide bonds. The summed E-state index contributed by atoms with van der Waals surface area (Å²) in [6.07, 6.45) is 7.35. The molecule has 2 aromatic heterocycles. The zero-order valence-corrected chi connectivity index (χ0v) is 11.1. The molecule has 0 atom stereocenters. The van der Waals surface area contributed by atoms with Crippen molar-refractivity contribution in [2.45, 2.75) is 12.3 Å². The van der Waals surface area contributed by atoms with Crippen molar-refractivity contribution in [3.63, 3.8) is 0 Å². The molecule has 2 heterocycles. The van der Waals surface area contributed by atoms with Crippen molar-refractivity contribution < 1.29 is 0 Å². The Kier molecular flexibility index (Phi) is 5.69. The molecule has 3 nitrogen and oxygen atoms in total. The highest BCUT2D eigenvalue weighted by atomic mass is 32.2. The molecule has 18 heavy (non-hydrogen) atoms. The van der Waals surface area contributed by atoms with Gasteiger partial charge < -0.3 is 5.32 Å². The lowest BCUT2D eigenvalue weighted by atomic mass is 10.3. The molecule has 0 aliphatic carbocycles. The number of hydrogen-bond donors (Lipinski definition) is 1. The Labute approximate surface area is 112 Å². The molecule has 0 saturated carbocycles. The van der Waals surface area contributed by atoms with Crippen LogP contribution in [0.25, 0.3) is 0 Å². The maximum absolute atomic E-state index is 4.01. The molecule has 0 radical (unpaired) electrons. The first-order valence-corrected chi connectivity index (χ1v) is 7.17. The van der Waals surface area contributed by atoms with Crippen molar-refractivity contribution in [1.82, 2.24) is 15.3 Å². The standard InChI is InChI=1S/C14H17N3S/c1-5-15-6-2-13(1)11-17-9-10-18-12-14-3-7-16-8-4-14/h1-8,17H,9-12H2. The smallest absolute Gasteiger partial charge is 0.0271 e. The molecule has 0 fully saturated rings. The van der Waals surface area contributed by atoms with E-state index in [-0.39, 0.29) is 0 Å². The van der Waals surface area contributed by atoms with E-state index in [9.17, 15) is 0 Å². The number of rotatable bonds is 7. The Balaban J connectivity index is 1.54. The molecular formula is C14H17N3S. The highest BCUT2D eigenvalue weighted by Crippen LogP contribution is 2.09. The van der Waals surface area contributed by atoms with Crippen LogP contribution in [0.4, 0.5) is 0 Å². The number of nitrogens with zero attached hydrogens (tertiary/aromatic N) is 2. The van der Waals surface area contributed by atoms with E-state index in [2.05, 4.69) is 27.4 Å². The molecule has 0 aliphatic rings. The minimum atomic E-state index is 0.915. The van der Waals surface area contributed by atoms with Gasteiger partial charge in [0, 0.05) is 49.4 Å². The predicted octanol–water partition coefficient (Wildman–Crippen LogP) is 2.50. The highest BCUT2D eigenvalue weighted by molar-refractivity contribution is 7.98. The fourth-order valence-electron chi connectivity index (χ4n) is 1.55. The van der Waals surface area contributed by atoms with Gasteiger partial charge in [0.2, 0.25) is 0 Å². The van der Waals surface area contributed by atoms with E-state index in [4.69, 9.17) is 0 Å². The fraction of sp³-hybridized carbons (Fsp3) is 0.286. The van der Waals surface area contributed by atoms with Crippen LogP contribution in [0.1, 0.15) is 11.1 Å². The van der Waals surface area contributed by atoms with Gasteiger partial charge in [-0.15, -0.1) is 0 Å². The molecule has 0 saturated heterocycles. The second kappa shape index (κ2) is 7.84. The Morgan fingerprint density at radius 1 is 0.889 bits per heavy atom. The van der Waals surface area contributed by atoms with Crippen LogP contribution in [0, 0.1) is 0 Å². The summed E-state index contributed by atoms with van der Waals surface area (Å²) in [5, 5.41) is 3.43. The van der Waals surface area contributed by atoms with Gasteiger partial charge in [0.25, 0.3) is 0 Å². The van der Waals surface area contributed by atoms with Crippen LogP contribution in [0.15, 0.2) is 49.1 Å². The van der Waals surface area contributed by atoms with Crippen molar-refractivity contribution in [2.24, 2.45) is 0 Å². The first-order valence-electron chi connectivity index (χ1n) is 6.01. The van der Waals surface area contributed by atoms with Crippen molar-refractivity contribution in [1.29, 1.82) is 0 Å². The van der Waals surface area contributed by atoms with Gasteiger partial charge in [0.15, 0.2) is 0 Å². The van der Waals surface area contributed by atoms with E-state index >= 15 is 0 Å². The predicted molar refractivity (Wildman–Crippen MR) is 76.3 cm³/mol. The first-order chi connectivity index (χ1) is 8.95. The van der Waals surface area contributed by atoms with Crippen LogP contribution in [-0.4, -0.2) is 22.3 Å². The SMILES string of the molecule is c1cc(CNCCSCc2ccncc2)ccn1. The normalized spacial score (nSPS) is 10.4. The van der Waals surface area contributed by atoms with Crippen LogP contribution in [0.2, 0.25) is 0 Å². The van der Waals surface area contributed by atoms with Crippen molar-refractivity contribution in [3.8, 4) is 0 Å². The quantitative estimate of drug-likeness (QED) is 0.775. The molecule has 2 aromatic rings. The third-order valence-electron chi connectivity index (χ3n) is 2.52. The van der Waals surface area contributed by atoms with Gasteiger partial charge >= 0.3 is 0 Å². The van der Waals surface area contributed by atoms with Crippen LogP contribution >= 0.6 is 11.8 Å². The molecule has 0 bridgehead atoms. The Morgan fingerprint density at radius 3 is 2.17 bits per heavy atom. The van der Waals surface area contributed by atoms with Crippen LogP contribution < -0.4 is 5.32 Å². The average molecular weight is 259 g/mol. The Bertz CT molecular complexity index is 390. The summed E-state index contributed by atoms with van der Waals surface area (Å²) in [6, 6.07) is 8.21. The minimum absolute atomic E-state index is 0.915. The van der Waals surface area contributed by atoms with E-state index in [0.29, 0.717) is 0 Å². The van der Waals surface area contributed by atoms with Gasteiger partial charge in [-0.3, -0.25) is 9.97 Å². The first kappa shape index (κ1) is 13.1. The summed E-state index contributed by atoms with van der Waals surface area (Å²) in [7, 11) is 0. The van der Waals surface area contributed by atoms with Gasteiger partial charge in [0.1, 0.15) is 0 Å². The minimum Gasteiger partial charge on any atom is -0.312 e. The second-order valence-corrected chi connectivity index (χ2v) is 5.05.